The first kappa shape index (κ1) is 20.4. The molecule has 4 heterocycles. The van der Waals surface area contributed by atoms with E-state index in [2.05, 4.69) is 31.7 Å². The first-order valence-electron chi connectivity index (χ1n) is 10.9. The quantitative estimate of drug-likeness (QED) is 0.439. The van der Waals surface area contributed by atoms with Gasteiger partial charge in [0.15, 0.2) is 0 Å². The van der Waals surface area contributed by atoms with Gasteiger partial charge in [0.25, 0.3) is 5.91 Å². The Morgan fingerprint density at radius 2 is 2.12 bits per heavy atom. The van der Waals surface area contributed by atoms with Gasteiger partial charge < -0.3 is 20.4 Å². The van der Waals surface area contributed by atoms with E-state index in [0.717, 1.165) is 46.5 Å². The maximum Gasteiger partial charge on any atom is 0.251 e. The fraction of sp³-hybridized carbons (Fsp3) is 0.240. The van der Waals surface area contributed by atoms with E-state index in [9.17, 15) is 4.79 Å². The molecule has 0 bridgehead atoms. The second-order valence-electron chi connectivity index (χ2n) is 7.82. The number of H-pyrrole nitrogens is 1. The van der Waals surface area contributed by atoms with Crippen molar-refractivity contribution in [3.05, 3.63) is 84.1 Å². The number of nitrogens with zero attached hydrogens (tertiary/aromatic N) is 2. The average Bonchev–Trinajstić information content (AvgIpc) is 3.29. The van der Waals surface area contributed by atoms with Crippen LogP contribution in [-0.2, 0) is 11.2 Å². The molecule has 3 aromatic heterocycles. The van der Waals surface area contributed by atoms with Gasteiger partial charge in [-0.2, -0.15) is 0 Å². The highest BCUT2D eigenvalue weighted by molar-refractivity contribution is 6.01. The largest absolute Gasteiger partial charge is 0.369 e. The number of hydrogen-bond acceptors (Lipinski definition) is 5. The van der Waals surface area contributed by atoms with E-state index in [-0.39, 0.29) is 12.0 Å². The van der Waals surface area contributed by atoms with Crippen LogP contribution in [0.4, 0.5) is 0 Å². The molecule has 0 saturated carbocycles. The van der Waals surface area contributed by atoms with E-state index >= 15 is 0 Å². The van der Waals surface area contributed by atoms with Gasteiger partial charge in [-0.25, -0.2) is 0 Å². The van der Waals surface area contributed by atoms with E-state index in [1.807, 2.05) is 54.9 Å². The molecule has 0 aliphatic carbocycles. The van der Waals surface area contributed by atoms with E-state index in [4.69, 9.17) is 4.74 Å². The average molecular weight is 428 g/mol. The predicted octanol–water partition coefficient (Wildman–Crippen LogP) is 3.26. The number of ether oxygens (including phenoxy) is 1. The van der Waals surface area contributed by atoms with Crippen LogP contribution in [0, 0.1) is 0 Å². The normalized spacial score (nSPS) is 16.2. The van der Waals surface area contributed by atoms with Crippen LogP contribution >= 0.6 is 0 Å². The summed E-state index contributed by atoms with van der Waals surface area (Å²) in [6.07, 6.45) is 6.31. The van der Waals surface area contributed by atoms with Gasteiger partial charge in [0.05, 0.1) is 12.3 Å². The summed E-state index contributed by atoms with van der Waals surface area (Å²) in [5.41, 5.74) is 5.53. The maximum absolute atomic E-state index is 12.6. The van der Waals surface area contributed by atoms with E-state index in [0.29, 0.717) is 25.1 Å². The molecule has 32 heavy (non-hydrogen) atoms. The van der Waals surface area contributed by atoms with Crippen molar-refractivity contribution in [2.75, 3.05) is 26.2 Å². The first-order chi connectivity index (χ1) is 15.8. The van der Waals surface area contributed by atoms with Crippen molar-refractivity contribution >= 4 is 16.8 Å². The molecule has 1 amide bonds. The second kappa shape index (κ2) is 9.30. The van der Waals surface area contributed by atoms with Gasteiger partial charge in [0, 0.05) is 77.9 Å². The molecule has 0 radical (unpaired) electrons. The Balaban J connectivity index is 1.27. The van der Waals surface area contributed by atoms with Crippen LogP contribution < -0.4 is 10.6 Å². The molecule has 5 rings (SSSR count). The minimum Gasteiger partial charge on any atom is -0.369 e. The molecule has 1 aliphatic heterocycles. The molecule has 1 aromatic carbocycles. The second-order valence-corrected chi connectivity index (χ2v) is 7.82. The summed E-state index contributed by atoms with van der Waals surface area (Å²) in [6.45, 7) is 2.91. The van der Waals surface area contributed by atoms with Gasteiger partial charge >= 0.3 is 0 Å². The fourth-order valence-electron chi connectivity index (χ4n) is 3.97. The van der Waals surface area contributed by atoms with Gasteiger partial charge in [0.2, 0.25) is 0 Å². The van der Waals surface area contributed by atoms with Gasteiger partial charge in [-0.15, -0.1) is 0 Å². The van der Waals surface area contributed by atoms with Gasteiger partial charge in [0.1, 0.15) is 6.10 Å². The van der Waals surface area contributed by atoms with Crippen molar-refractivity contribution in [3.8, 4) is 11.1 Å². The Morgan fingerprint density at radius 1 is 1.16 bits per heavy atom. The minimum atomic E-state index is -0.0916. The van der Waals surface area contributed by atoms with Gasteiger partial charge in [-0.05, 0) is 30.3 Å². The van der Waals surface area contributed by atoms with E-state index in [1.54, 1.807) is 6.20 Å². The highest BCUT2D eigenvalue weighted by atomic mass is 16.5. The molecule has 162 valence electrons. The summed E-state index contributed by atoms with van der Waals surface area (Å²) >= 11 is 0. The third-order valence-corrected chi connectivity index (χ3v) is 5.69. The molecular weight excluding hydrogens is 402 g/mol. The van der Waals surface area contributed by atoms with Crippen LogP contribution in [0.3, 0.4) is 0 Å². The number of rotatable bonds is 6. The summed E-state index contributed by atoms with van der Waals surface area (Å²) in [4.78, 5) is 24.8. The Bertz CT molecular complexity index is 1200. The Labute approximate surface area is 186 Å². The number of aromatic amines is 1. The molecule has 7 nitrogen and oxygen atoms in total. The zero-order valence-electron chi connectivity index (χ0n) is 17.7. The molecule has 7 heteroatoms. The first-order valence-corrected chi connectivity index (χ1v) is 10.9. The summed E-state index contributed by atoms with van der Waals surface area (Å²) < 4.78 is 5.78. The Hall–Kier alpha value is -3.55. The highest BCUT2D eigenvalue weighted by Crippen LogP contribution is 2.29. The molecule has 1 saturated heterocycles. The molecule has 1 unspecified atom stereocenters. The number of carbonyl (C=O) groups excluding carboxylic acids is 1. The maximum atomic E-state index is 12.6. The number of pyridine rings is 2. The van der Waals surface area contributed by atoms with Gasteiger partial charge in [-0.1, -0.05) is 18.2 Å². The summed E-state index contributed by atoms with van der Waals surface area (Å²) in [6, 6.07) is 15.6. The monoisotopic (exact) mass is 427 g/mol. The third kappa shape index (κ3) is 4.39. The van der Waals surface area contributed by atoms with Crippen molar-refractivity contribution in [1.29, 1.82) is 0 Å². The number of benzene rings is 1. The number of carbonyl (C=O) groups is 1. The zero-order valence-corrected chi connectivity index (χ0v) is 17.7. The van der Waals surface area contributed by atoms with E-state index in [1.165, 1.54) is 0 Å². The van der Waals surface area contributed by atoms with Crippen LogP contribution in [0.1, 0.15) is 27.8 Å². The summed E-state index contributed by atoms with van der Waals surface area (Å²) in [5.74, 6) is -0.0916. The van der Waals surface area contributed by atoms with E-state index < -0.39 is 0 Å². The molecular formula is C25H25N5O2. The molecule has 1 fully saturated rings. The van der Waals surface area contributed by atoms with Crippen LogP contribution in [0.5, 0.6) is 0 Å². The zero-order chi connectivity index (χ0) is 21.8. The van der Waals surface area contributed by atoms with Gasteiger partial charge in [-0.3, -0.25) is 14.8 Å². The Kier molecular flexibility index (Phi) is 5.91. The minimum absolute atomic E-state index is 0.000452. The third-order valence-electron chi connectivity index (χ3n) is 5.69. The number of nitrogens with one attached hydrogen (secondary N) is 3. The predicted molar refractivity (Wildman–Crippen MR) is 123 cm³/mol. The van der Waals surface area contributed by atoms with Crippen molar-refractivity contribution in [1.82, 2.24) is 25.6 Å². The smallest absolute Gasteiger partial charge is 0.251 e. The highest BCUT2D eigenvalue weighted by Gasteiger charge is 2.17. The lowest BCUT2D eigenvalue weighted by Crippen LogP contribution is -2.33. The van der Waals surface area contributed by atoms with Crippen LogP contribution in [0.2, 0.25) is 0 Å². The lowest BCUT2D eigenvalue weighted by Gasteiger charge is -2.23. The number of morpholine rings is 1. The Morgan fingerprint density at radius 3 is 2.91 bits per heavy atom. The van der Waals surface area contributed by atoms with Crippen molar-refractivity contribution in [2.24, 2.45) is 0 Å². The SMILES string of the molecule is O=C(NCCc1ccccn1)c1ccc2c(-c3ccc(C4CNCCO4)nc3)c[nH]c2c1. The van der Waals surface area contributed by atoms with Crippen LogP contribution in [0.25, 0.3) is 22.0 Å². The van der Waals surface area contributed by atoms with Crippen LogP contribution in [-0.4, -0.2) is 47.1 Å². The molecule has 0 spiro atoms. The summed E-state index contributed by atoms with van der Waals surface area (Å²) in [7, 11) is 0. The van der Waals surface area contributed by atoms with Crippen LogP contribution in [0.15, 0.2) is 67.1 Å². The molecule has 4 aromatic rings. The number of amides is 1. The molecule has 3 N–H and O–H groups in total. The number of aromatic nitrogens is 3. The number of hydrogen-bond donors (Lipinski definition) is 3. The molecule has 1 atom stereocenters. The summed E-state index contributed by atoms with van der Waals surface area (Å²) in [5, 5.41) is 7.35. The number of fused-ring (bicyclic) bond motifs is 1. The molecule has 1 aliphatic rings. The van der Waals surface area contributed by atoms with Crippen molar-refractivity contribution < 1.29 is 9.53 Å². The lowest BCUT2D eigenvalue weighted by atomic mass is 10.0. The van der Waals surface area contributed by atoms with Crippen molar-refractivity contribution in [3.63, 3.8) is 0 Å². The lowest BCUT2D eigenvalue weighted by molar-refractivity contribution is 0.0250. The standard InChI is InChI=1S/C25H25N5O2/c31-25(28-10-8-19-3-1-2-9-27-19)17-4-6-20-21(15-30-23(20)13-17)18-5-7-22(29-14-18)24-16-26-11-12-32-24/h1-7,9,13-15,24,26,30H,8,10-12,16H2,(H,28,31). The topological polar surface area (TPSA) is 91.9 Å². The van der Waals surface area contributed by atoms with Crippen molar-refractivity contribution in [2.45, 2.75) is 12.5 Å². The fourth-order valence-corrected chi connectivity index (χ4v) is 3.97.